The highest BCUT2D eigenvalue weighted by atomic mass is 16.5. The molecule has 1 atom stereocenters. The van der Waals surface area contributed by atoms with Crippen molar-refractivity contribution in [1.29, 1.82) is 0 Å². The Kier molecular flexibility index (Phi) is 9.56. The molecule has 1 heteroatoms. The molecule has 78 valence electrons. The lowest BCUT2D eigenvalue weighted by atomic mass is 10.1. The standard InChI is InChI=1S/C12H24O/c1-4-6-7-8-9-10-11-12(5-2)13-3/h5,12H,2,4,6-11H2,1,3H3. The molecule has 0 fully saturated rings. The molecule has 0 heterocycles. The van der Waals surface area contributed by atoms with Gasteiger partial charge in [0.1, 0.15) is 0 Å². The number of unbranched alkanes of at least 4 members (excludes halogenated alkanes) is 5. The van der Waals surface area contributed by atoms with E-state index in [1.54, 1.807) is 7.11 Å². The fourth-order valence-corrected chi connectivity index (χ4v) is 1.46. The zero-order valence-electron chi connectivity index (χ0n) is 9.22. The van der Waals surface area contributed by atoms with E-state index >= 15 is 0 Å². The molecule has 0 aromatic carbocycles. The summed E-state index contributed by atoms with van der Waals surface area (Å²) in [6.07, 6.45) is 11.4. The monoisotopic (exact) mass is 184 g/mol. The first-order chi connectivity index (χ1) is 6.35. The maximum absolute atomic E-state index is 5.21. The van der Waals surface area contributed by atoms with Crippen LogP contribution in [0.4, 0.5) is 0 Å². The van der Waals surface area contributed by atoms with Crippen LogP contribution in [0.3, 0.4) is 0 Å². The second kappa shape index (κ2) is 9.79. The Morgan fingerprint density at radius 1 is 1.15 bits per heavy atom. The molecule has 13 heavy (non-hydrogen) atoms. The van der Waals surface area contributed by atoms with E-state index in [1.807, 2.05) is 6.08 Å². The third-order valence-electron chi connectivity index (χ3n) is 2.41. The van der Waals surface area contributed by atoms with E-state index in [0.29, 0.717) is 0 Å². The zero-order valence-corrected chi connectivity index (χ0v) is 9.22. The minimum Gasteiger partial charge on any atom is -0.377 e. The van der Waals surface area contributed by atoms with Gasteiger partial charge in [-0.2, -0.15) is 0 Å². The highest BCUT2D eigenvalue weighted by Crippen LogP contribution is 2.10. The summed E-state index contributed by atoms with van der Waals surface area (Å²) in [6, 6.07) is 0. The summed E-state index contributed by atoms with van der Waals surface area (Å²) in [6.45, 7) is 5.98. The second-order valence-corrected chi connectivity index (χ2v) is 3.57. The third-order valence-corrected chi connectivity index (χ3v) is 2.41. The SMILES string of the molecule is C=CC(CCCCCCCC)OC. The van der Waals surface area contributed by atoms with Crippen LogP contribution in [-0.2, 0) is 4.74 Å². The molecule has 0 N–H and O–H groups in total. The van der Waals surface area contributed by atoms with Crippen molar-refractivity contribution in [3.8, 4) is 0 Å². The predicted molar refractivity (Wildman–Crippen MR) is 59.0 cm³/mol. The van der Waals surface area contributed by atoms with Crippen molar-refractivity contribution >= 4 is 0 Å². The average molecular weight is 184 g/mol. The number of hydrogen-bond acceptors (Lipinski definition) is 1. The Bertz CT molecular complexity index is 110. The first-order valence-corrected chi connectivity index (χ1v) is 5.50. The van der Waals surface area contributed by atoms with Gasteiger partial charge in [0.2, 0.25) is 0 Å². The molecule has 1 unspecified atom stereocenters. The van der Waals surface area contributed by atoms with E-state index in [0.717, 1.165) is 6.42 Å². The summed E-state index contributed by atoms with van der Waals surface area (Å²) in [5, 5.41) is 0. The van der Waals surface area contributed by atoms with Gasteiger partial charge in [-0.3, -0.25) is 0 Å². The molecule has 0 aromatic heterocycles. The van der Waals surface area contributed by atoms with E-state index in [4.69, 9.17) is 4.74 Å². The molecule has 0 saturated heterocycles. The van der Waals surface area contributed by atoms with Crippen molar-refractivity contribution < 1.29 is 4.74 Å². The lowest BCUT2D eigenvalue weighted by molar-refractivity contribution is 0.131. The van der Waals surface area contributed by atoms with Gasteiger partial charge in [-0.05, 0) is 6.42 Å². The summed E-state index contributed by atoms with van der Waals surface area (Å²) in [5.41, 5.74) is 0. The molecule has 1 nitrogen and oxygen atoms in total. The summed E-state index contributed by atoms with van der Waals surface area (Å²) < 4.78 is 5.21. The van der Waals surface area contributed by atoms with E-state index in [2.05, 4.69) is 13.5 Å². The molecule has 0 bridgehead atoms. The molecule has 0 spiro atoms. The van der Waals surface area contributed by atoms with Gasteiger partial charge in [-0.15, -0.1) is 6.58 Å². The van der Waals surface area contributed by atoms with Crippen molar-refractivity contribution in [3.63, 3.8) is 0 Å². The molecular weight excluding hydrogens is 160 g/mol. The number of rotatable bonds is 9. The van der Waals surface area contributed by atoms with E-state index < -0.39 is 0 Å². The van der Waals surface area contributed by atoms with E-state index in [-0.39, 0.29) is 6.10 Å². The van der Waals surface area contributed by atoms with Crippen LogP contribution in [-0.4, -0.2) is 13.2 Å². The van der Waals surface area contributed by atoms with Gasteiger partial charge in [-0.25, -0.2) is 0 Å². The van der Waals surface area contributed by atoms with Crippen molar-refractivity contribution in [2.75, 3.05) is 7.11 Å². The molecule has 0 saturated carbocycles. The molecule has 0 amide bonds. The summed E-state index contributed by atoms with van der Waals surface area (Å²) >= 11 is 0. The van der Waals surface area contributed by atoms with Gasteiger partial charge in [-0.1, -0.05) is 51.5 Å². The number of methoxy groups -OCH3 is 1. The number of ether oxygens (including phenoxy) is 1. The van der Waals surface area contributed by atoms with E-state index in [9.17, 15) is 0 Å². The fourth-order valence-electron chi connectivity index (χ4n) is 1.46. The van der Waals surface area contributed by atoms with Crippen molar-refractivity contribution in [1.82, 2.24) is 0 Å². The first-order valence-electron chi connectivity index (χ1n) is 5.50. The van der Waals surface area contributed by atoms with E-state index in [1.165, 1.54) is 38.5 Å². The quantitative estimate of drug-likeness (QED) is 0.389. The maximum atomic E-state index is 5.21. The zero-order chi connectivity index (χ0) is 9.94. The Hall–Kier alpha value is -0.300. The van der Waals surface area contributed by atoms with Crippen LogP contribution in [0.1, 0.15) is 51.9 Å². The summed E-state index contributed by atoms with van der Waals surface area (Å²) in [7, 11) is 1.75. The molecule has 0 aliphatic heterocycles. The van der Waals surface area contributed by atoms with Gasteiger partial charge in [0, 0.05) is 7.11 Å². The van der Waals surface area contributed by atoms with Crippen LogP contribution >= 0.6 is 0 Å². The Morgan fingerprint density at radius 3 is 2.31 bits per heavy atom. The molecular formula is C12H24O. The maximum Gasteiger partial charge on any atom is 0.0749 e. The van der Waals surface area contributed by atoms with Crippen molar-refractivity contribution in [2.24, 2.45) is 0 Å². The van der Waals surface area contributed by atoms with Gasteiger partial charge in [0.05, 0.1) is 6.10 Å². The average Bonchev–Trinajstić information content (AvgIpc) is 2.17. The minimum atomic E-state index is 0.270. The Labute approximate surface area is 83.2 Å². The normalized spacial score (nSPS) is 12.8. The molecule has 0 aliphatic carbocycles. The van der Waals surface area contributed by atoms with Crippen LogP contribution < -0.4 is 0 Å². The molecule has 0 aliphatic rings. The molecule has 0 aromatic rings. The summed E-state index contributed by atoms with van der Waals surface area (Å²) in [5.74, 6) is 0. The lowest BCUT2D eigenvalue weighted by Crippen LogP contribution is -2.05. The van der Waals surface area contributed by atoms with Crippen molar-refractivity contribution in [2.45, 2.75) is 58.0 Å². The van der Waals surface area contributed by atoms with Gasteiger partial charge in [0.15, 0.2) is 0 Å². The second-order valence-electron chi connectivity index (χ2n) is 3.57. The Morgan fingerprint density at radius 2 is 1.77 bits per heavy atom. The molecule has 0 radical (unpaired) electrons. The van der Waals surface area contributed by atoms with Gasteiger partial charge >= 0.3 is 0 Å². The topological polar surface area (TPSA) is 9.23 Å². The summed E-state index contributed by atoms with van der Waals surface area (Å²) in [4.78, 5) is 0. The van der Waals surface area contributed by atoms with Gasteiger partial charge in [0.25, 0.3) is 0 Å². The predicted octanol–water partition coefficient (Wildman–Crippen LogP) is 3.94. The fraction of sp³-hybridized carbons (Fsp3) is 0.833. The highest BCUT2D eigenvalue weighted by molar-refractivity contribution is 4.78. The molecule has 0 rings (SSSR count). The Balaban J connectivity index is 3.10. The first kappa shape index (κ1) is 12.7. The lowest BCUT2D eigenvalue weighted by Gasteiger charge is -2.09. The van der Waals surface area contributed by atoms with Crippen LogP contribution in [0.25, 0.3) is 0 Å². The number of hydrogen-bond donors (Lipinski definition) is 0. The largest absolute Gasteiger partial charge is 0.377 e. The minimum absolute atomic E-state index is 0.270. The smallest absolute Gasteiger partial charge is 0.0749 e. The van der Waals surface area contributed by atoms with Crippen LogP contribution in [0.5, 0.6) is 0 Å². The van der Waals surface area contributed by atoms with Gasteiger partial charge < -0.3 is 4.74 Å². The van der Waals surface area contributed by atoms with Crippen LogP contribution in [0.15, 0.2) is 12.7 Å². The van der Waals surface area contributed by atoms with Crippen LogP contribution in [0.2, 0.25) is 0 Å². The highest BCUT2D eigenvalue weighted by Gasteiger charge is 2.00. The van der Waals surface area contributed by atoms with Crippen LogP contribution in [0, 0.1) is 0 Å². The van der Waals surface area contributed by atoms with Crippen molar-refractivity contribution in [3.05, 3.63) is 12.7 Å². The third kappa shape index (κ3) is 8.04.